The number of nitrogen functional groups attached to an aromatic ring is 1. The molecule has 0 amide bonds. The summed E-state index contributed by atoms with van der Waals surface area (Å²) in [6.45, 7) is 5.04. The van der Waals surface area contributed by atoms with Crippen LogP contribution in [-0.4, -0.2) is 59.5 Å². The lowest BCUT2D eigenvalue weighted by atomic mass is 10.1. The van der Waals surface area contributed by atoms with Crippen LogP contribution in [0.3, 0.4) is 0 Å². The SMILES string of the molecule is CCCCOc1nc(N)c2nc(OC)n(Cc3ccccc3OCCCNCc3cccc(CC(=O)OC)c3)c2n1. The molecule has 0 unspecified atom stereocenters. The van der Waals surface area contributed by atoms with E-state index in [0.717, 1.165) is 48.2 Å². The van der Waals surface area contributed by atoms with E-state index in [9.17, 15) is 4.79 Å². The van der Waals surface area contributed by atoms with Gasteiger partial charge in [0.05, 0.1) is 40.4 Å². The molecule has 0 saturated carbocycles. The van der Waals surface area contributed by atoms with Crippen molar-refractivity contribution in [1.82, 2.24) is 24.8 Å². The number of methoxy groups -OCH3 is 2. The van der Waals surface area contributed by atoms with Gasteiger partial charge in [-0.05, 0) is 36.6 Å². The first-order valence-corrected chi connectivity index (χ1v) is 13.8. The predicted octanol–water partition coefficient (Wildman–Crippen LogP) is 3.92. The van der Waals surface area contributed by atoms with Crippen LogP contribution >= 0.6 is 0 Å². The number of fused-ring (bicyclic) bond motifs is 1. The predicted molar refractivity (Wildman–Crippen MR) is 156 cm³/mol. The fourth-order valence-electron chi connectivity index (χ4n) is 4.30. The summed E-state index contributed by atoms with van der Waals surface area (Å²) < 4.78 is 24.0. The molecular formula is C30H38N6O5. The molecule has 0 saturated heterocycles. The van der Waals surface area contributed by atoms with E-state index in [4.69, 9.17) is 24.7 Å². The molecule has 0 bridgehead atoms. The van der Waals surface area contributed by atoms with Gasteiger partial charge in [-0.1, -0.05) is 55.8 Å². The highest BCUT2D eigenvalue weighted by Gasteiger charge is 2.19. The Morgan fingerprint density at radius 2 is 1.78 bits per heavy atom. The second-order valence-corrected chi connectivity index (χ2v) is 9.51. The first kappa shape index (κ1) is 29.6. The van der Waals surface area contributed by atoms with Crippen LogP contribution in [0.4, 0.5) is 5.82 Å². The number of hydrogen-bond donors (Lipinski definition) is 2. The Hall–Kier alpha value is -4.38. The molecule has 0 aliphatic carbocycles. The molecule has 3 N–H and O–H groups in total. The number of esters is 1. The number of nitrogens with one attached hydrogen (secondary N) is 1. The normalized spacial score (nSPS) is 11.0. The Labute approximate surface area is 240 Å². The lowest BCUT2D eigenvalue weighted by molar-refractivity contribution is -0.139. The van der Waals surface area contributed by atoms with Gasteiger partial charge in [-0.25, -0.2) is 0 Å². The average Bonchev–Trinajstić information content (AvgIpc) is 3.33. The number of aromatic nitrogens is 4. The number of nitrogens with zero attached hydrogens (tertiary/aromatic N) is 4. The van der Waals surface area contributed by atoms with E-state index >= 15 is 0 Å². The fraction of sp³-hybridized carbons (Fsp3) is 0.400. The Morgan fingerprint density at radius 3 is 2.59 bits per heavy atom. The summed E-state index contributed by atoms with van der Waals surface area (Å²) in [6, 6.07) is 16.4. The zero-order valence-corrected chi connectivity index (χ0v) is 23.9. The fourth-order valence-corrected chi connectivity index (χ4v) is 4.30. The summed E-state index contributed by atoms with van der Waals surface area (Å²) in [5.74, 6) is 0.768. The van der Waals surface area contributed by atoms with Gasteiger partial charge in [0.15, 0.2) is 17.0 Å². The maximum atomic E-state index is 11.5. The van der Waals surface area contributed by atoms with E-state index in [2.05, 4.69) is 27.2 Å². The summed E-state index contributed by atoms with van der Waals surface area (Å²) in [4.78, 5) is 24.9. The van der Waals surface area contributed by atoms with Gasteiger partial charge in [0, 0.05) is 12.1 Å². The highest BCUT2D eigenvalue weighted by Crippen LogP contribution is 2.28. The number of carbonyl (C=O) groups excluding carboxylic acids is 1. The molecule has 2 heterocycles. The molecule has 11 heteroatoms. The molecule has 2 aromatic carbocycles. The highest BCUT2D eigenvalue weighted by atomic mass is 16.5. The molecule has 4 aromatic rings. The smallest absolute Gasteiger partial charge is 0.320 e. The number of ether oxygens (including phenoxy) is 4. The minimum atomic E-state index is -0.245. The molecule has 0 spiro atoms. The van der Waals surface area contributed by atoms with Crippen molar-refractivity contribution in [3.8, 4) is 17.8 Å². The van der Waals surface area contributed by atoms with Crippen molar-refractivity contribution >= 4 is 23.0 Å². The largest absolute Gasteiger partial charge is 0.493 e. The standard InChI is InChI=1S/C30H38N6O5/c1-4-5-15-41-29-34-27(31)26-28(35-29)36(30(33-26)39-3)20-23-12-6-7-13-24(23)40-16-9-14-32-19-22-11-8-10-21(17-22)18-25(37)38-2/h6-8,10-13,17,32H,4-5,9,14-16,18-20H2,1-3H3,(H2,31,34,35). The van der Waals surface area contributed by atoms with E-state index in [1.54, 1.807) is 7.11 Å². The van der Waals surface area contributed by atoms with E-state index < -0.39 is 0 Å². The van der Waals surface area contributed by atoms with Gasteiger partial charge in [0.25, 0.3) is 6.01 Å². The lowest BCUT2D eigenvalue weighted by Gasteiger charge is -2.14. The zero-order chi connectivity index (χ0) is 29.0. The second-order valence-electron chi connectivity index (χ2n) is 9.51. The quantitative estimate of drug-likeness (QED) is 0.153. The van der Waals surface area contributed by atoms with Crippen LogP contribution in [0.25, 0.3) is 11.2 Å². The molecule has 0 fully saturated rings. The van der Waals surface area contributed by atoms with Gasteiger partial charge >= 0.3 is 12.0 Å². The number of carbonyl (C=O) groups is 1. The van der Waals surface area contributed by atoms with Crippen LogP contribution in [0.2, 0.25) is 0 Å². The lowest BCUT2D eigenvalue weighted by Crippen LogP contribution is -2.17. The topological polar surface area (TPSA) is 136 Å². The Balaban J connectivity index is 1.36. The first-order chi connectivity index (χ1) is 20.0. The molecular weight excluding hydrogens is 524 g/mol. The van der Waals surface area contributed by atoms with Crippen LogP contribution in [0.15, 0.2) is 48.5 Å². The number of nitrogens with two attached hydrogens (primary N) is 1. The van der Waals surface area contributed by atoms with Crippen LogP contribution in [-0.2, 0) is 29.0 Å². The summed E-state index contributed by atoms with van der Waals surface area (Å²) in [7, 11) is 2.96. The van der Waals surface area contributed by atoms with E-state index in [0.29, 0.717) is 43.5 Å². The molecule has 41 heavy (non-hydrogen) atoms. The molecule has 0 aliphatic heterocycles. The van der Waals surface area contributed by atoms with Crippen molar-refractivity contribution in [3.63, 3.8) is 0 Å². The molecule has 11 nitrogen and oxygen atoms in total. The van der Waals surface area contributed by atoms with Crippen LogP contribution in [0, 0.1) is 0 Å². The summed E-state index contributed by atoms with van der Waals surface area (Å²) in [5.41, 5.74) is 10.2. The maximum Gasteiger partial charge on any atom is 0.320 e. The van der Waals surface area contributed by atoms with Crippen molar-refractivity contribution in [2.45, 2.75) is 45.7 Å². The number of unbranched alkanes of at least 4 members (excludes halogenated alkanes) is 1. The van der Waals surface area contributed by atoms with Gasteiger partial charge in [0.1, 0.15) is 5.75 Å². The third-order valence-electron chi connectivity index (χ3n) is 6.43. The number of rotatable bonds is 16. The minimum Gasteiger partial charge on any atom is -0.493 e. The van der Waals surface area contributed by atoms with Crippen molar-refractivity contribution in [3.05, 3.63) is 65.2 Å². The third-order valence-corrected chi connectivity index (χ3v) is 6.43. The minimum absolute atomic E-state index is 0.222. The van der Waals surface area contributed by atoms with E-state index in [1.165, 1.54) is 7.11 Å². The summed E-state index contributed by atoms with van der Waals surface area (Å²) in [5, 5.41) is 3.43. The van der Waals surface area contributed by atoms with E-state index in [1.807, 2.05) is 53.1 Å². The number of anilines is 1. The van der Waals surface area contributed by atoms with Crippen molar-refractivity contribution in [1.29, 1.82) is 0 Å². The van der Waals surface area contributed by atoms with Crippen molar-refractivity contribution in [2.75, 3.05) is 39.7 Å². The summed E-state index contributed by atoms with van der Waals surface area (Å²) >= 11 is 0. The number of hydrogen-bond acceptors (Lipinski definition) is 10. The van der Waals surface area contributed by atoms with Crippen molar-refractivity contribution in [2.24, 2.45) is 0 Å². The molecule has 4 rings (SSSR count). The monoisotopic (exact) mass is 562 g/mol. The van der Waals surface area contributed by atoms with Crippen LogP contribution < -0.4 is 25.3 Å². The summed E-state index contributed by atoms with van der Waals surface area (Å²) in [6.07, 6.45) is 2.99. The Morgan fingerprint density at radius 1 is 0.976 bits per heavy atom. The molecule has 0 radical (unpaired) electrons. The molecule has 0 atom stereocenters. The van der Waals surface area contributed by atoms with E-state index in [-0.39, 0.29) is 24.2 Å². The first-order valence-electron chi connectivity index (χ1n) is 13.8. The van der Waals surface area contributed by atoms with Gasteiger partial charge < -0.3 is 30.0 Å². The van der Waals surface area contributed by atoms with Crippen molar-refractivity contribution < 1.29 is 23.7 Å². The second kappa shape index (κ2) is 14.8. The maximum absolute atomic E-state index is 11.5. The van der Waals surface area contributed by atoms with Gasteiger partial charge in [-0.15, -0.1) is 0 Å². The van der Waals surface area contributed by atoms with Crippen LogP contribution in [0.1, 0.15) is 42.9 Å². The Bertz CT molecular complexity index is 1440. The molecule has 0 aliphatic rings. The third kappa shape index (κ3) is 8.07. The highest BCUT2D eigenvalue weighted by molar-refractivity contribution is 5.83. The Kier molecular flexibility index (Phi) is 10.7. The molecule has 2 aromatic heterocycles. The number of para-hydroxylation sites is 1. The van der Waals surface area contributed by atoms with Gasteiger partial charge in [-0.3, -0.25) is 9.36 Å². The average molecular weight is 563 g/mol. The number of imidazole rings is 1. The number of benzene rings is 2. The zero-order valence-electron chi connectivity index (χ0n) is 23.9. The van der Waals surface area contributed by atoms with Crippen LogP contribution in [0.5, 0.6) is 17.8 Å². The van der Waals surface area contributed by atoms with Gasteiger partial charge in [-0.2, -0.15) is 15.0 Å². The molecule has 218 valence electrons. The van der Waals surface area contributed by atoms with Gasteiger partial charge in [0.2, 0.25) is 0 Å².